The molecule has 0 nitrogen and oxygen atoms in total. The van der Waals surface area contributed by atoms with Gasteiger partial charge < -0.3 is 0 Å². The Morgan fingerprint density at radius 3 is 2.56 bits per heavy atom. The molecule has 2 atom stereocenters. The molecule has 2 aliphatic rings. The average Bonchev–Trinajstić information content (AvgIpc) is 2.30. The first-order valence-corrected chi connectivity index (χ1v) is 6.70. The zero-order valence-electron chi connectivity index (χ0n) is 11.2. The van der Waals surface area contributed by atoms with Crippen LogP contribution in [-0.2, 0) is 0 Å². The molecule has 0 bridgehead atoms. The van der Waals surface area contributed by atoms with Crippen molar-refractivity contribution in [2.24, 2.45) is 11.8 Å². The molecule has 16 heavy (non-hydrogen) atoms. The number of hydrogen-bond acceptors (Lipinski definition) is 0. The van der Waals surface area contributed by atoms with Crippen molar-refractivity contribution < 1.29 is 0 Å². The number of rotatable bonds is 1. The van der Waals surface area contributed by atoms with Gasteiger partial charge in [0, 0.05) is 0 Å². The largest absolute Gasteiger partial charge is 0.0999 e. The third-order valence-corrected chi connectivity index (χ3v) is 3.78. The van der Waals surface area contributed by atoms with Gasteiger partial charge in [-0.2, -0.15) is 0 Å². The fourth-order valence-electron chi connectivity index (χ4n) is 2.79. The van der Waals surface area contributed by atoms with Crippen molar-refractivity contribution in [2.75, 3.05) is 0 Å². The van der Waals surface area contributed by atoms with Gasteiger partial charge in [0.1, 0.15) is 0 Å². The summed E-state index contributed by atoms with van der Waals surface area (Å²) in [6.45, 7) is 14.3. The van der Waals surface area contributed by atoms with Crippen molar-refractivity contribution in [1.82, 2.24) is 0 Å². The van der Waals surface area contributed by atoms with Gasteiger partial charge in [-0.25, -0.2) is 0 Å². The smallest absolute Gasteiger partial charge is 0.0191 e. The molecule has 1 fully saturated rings. The van der Waals surface area contributed by atoms with Crippen LogP contribution in [0.1, 0.15) is 52.9 Å². The summed E-state index contributed by atoms with van der Waals surface area (Å²) in [6, 6.07) is 0. The first kappa shape index (κ1) is 13.3. The van der Waals surface area contributed by atoms with Crippen molar-refractivity contribution in [3.8, 4) is 0 Å². The third kappa shape index (κ3) is 3.10. The summed E-state index contributed by atoms with van der Waals surface area (Å²) in [4.78, 5) is 0. The molecule has 0 amide bonds. The maximum Gasteiger partial charge on any atom is -0.0191 e. The van der Waals surface area contributed by atoms with E-state index in [1.165, 1.54) is 43.3 Å². The van der Waals surface area contributed by atoms with Crippen molar-refractivity contribution in [2.45, 2.75) is 52.9 Å². The normalized spacial score (nSPS) is 28.4. The Morgan fingerprint density at radius 1 is 1.25 bits per heavy atom. The lowest BCUT2D eigenvalue weighted by atomic mass is 9.71. The zero-order valence-corrected chi connectivity index (χ0v) is 11.2. The Labute approximate surface area is 101 Å². The molecule has 0 spiro atoms. The molecule has 90 valence electrons. The number of fused-ring (bicyclic) bond motifs is 1. The van der Waals surface area contributed by atoms with Crippen LogP contribution in [0.3, 0.4) is 0 Å². The predicted molar refractivity (Wildman–Crippen MR) is 73.5 cm³/mol. The van der Waals surface area contributed by atoms with Crippen LogP contribution < -0.4 is 0 Å². The van der Waals surface area contributed by atoms with E-state index in [-0.39, 0.29) is 0 Å². The minimum atomic E-state index is 0.781. The summed E-state index contributed by atoms with van der Waals surface area (Å²) in [7, 11) is 0. The summed E-state index contributed by atoms with van der Waals surface area (Å²) in [6.07, 6.45) is 8.81. The van der Waals surface area contributed by atoms with E-state index in [1.54, 1.807) is 5.57 Å². The lowest BCUT2D eigenvalue weighted by Gasteiger charge is -2.34. The Balaban J connectivity index is 0.000000606. The lowest BCUT2D eigenvalue weighted by Crippen LogP contribution is -2.21. The molecule has 0 N–H and O–H groups in total. The molecular formula is C16H26. The summed E-state index contributed by atoms with van der Waals surface area (Å²) < 4.78 is 0. The molecule has 2 rings (SSSR count). The molecule has 0 aromatic carbocycles. The van der Waals surface area contributed by atoms with Gasteiger partial charge in [0.15, 0.2) is 0 Å². The Bertz CT molecular complexity index is 293. The van der Waals surface area contributed by atoms with Crippen LogP contribution in [0, 0.1) is 11.8 Å². The van der Waals surface area contributed by atoms with Gasteiger partial charge in [-0.05, 0) is 50.9 Å². The van der Waals surface area contributed by atoms with Crippen molar-refractivity contribution in [3.63, 3.8) is 0 Å². The molecule has 0 radical (unpaired) electrons. The Morgan fingerprint density at radius 2 is 1.94 bits per heavy atom. The maximum absolute atomic E-state index is 4.09. The van der Waals surface area contributed by atoms with E-state index in [1.807, 2.05) is 13.8 Å². The van der Waals surface area contributed by atoms with Gasteiger partial charge in [-0.1, -0.05) is 49.8 Å². The van der Waals surface area contributed by atoms with Crippen LogP contribution in [-0.4, -0.2) is 0 Å². The lowest BCUT2D eigenvalue weighted by molar-refractivity contribution is 0.347. The van der Waals surface area contributed by atoms with E-state index < -0.39 is 0 Å². The topological polar surface area (TPSA) is 0 Å². The molecule has 0 aliphatic heterocycles. The average molecular weight is 218 g/mol. The molecule has 0 aromatic heterocycles. The summed E-state index contributed by atoms with van der Waals surface area (Å²) in [5, 5.41) is 0. The van der Waals surface area contributed by atoms with E-state index in [0.29, 0.717) is 0 Å². The van der Waals surface area contributed by atoms with Crippen LogP contribution in [0.25, 0.3) is 0 Å². The number of hydrogen-bond donors (Lipinski definition) is 0. The van der Waals surface area contributed by atoms with Crippen molar-refractivity contribution in [3.05, 3.63) is 36.0 Å². The summed E-state index contributed by atoms with van der Waals surface area (Å²) >= 11 is 0. The van der Waals surface area contributed by atoms with Gasteiger partial charge in [0.05, 0.1) is 0 Å². The van der Waals surface area contributed by atoms with Gasteiger partial charge in [0.2, 0.25) is 0 Å². The Kier molecular flexibility index (Phi) is 5.05. The van der Waals surface area contributed by atoms with Crippen LogP contribution in [0.4, 0.5) is 0 Å². The zero-order chi connectivity index (χ0) is 12.1. The van der Waals surface area contributed by atoms with Crippen LogP contribution in [0.5, 0.6) is 0 Å². The van der Waals surface area contributed by atoms with E-state index in [4.69, 9.17) is 0 Å². The second kappa shape index (κ2) is 6.08. The highest BCUT2D eigenvalue weighted by Crippen LogP contribution is 2.42. The fraction of sp³-hybridized carbons (Fsp3) is 0.625. The molecule has 2 unspecified atom stereocenters. The van der Waals surface area contributed by atoms with Crippen LogP contribution >= 0.6 is 0 Å². The SMILES string of the molecule is C=C1C=C2CCC(C(=C)C)CC2CC1.CC. The van der Waals surface area contributed by atoms with Crippen molar-refractivity contribution >= 4 is 0 Å². The van der Waals surface area contributed by atoms with E-state index in [9.17, 15) is 0 Å². The first-order chi connectivity index (χ1) is 7.66. The van der Waals surface area contributed by atoms with Gasteiger partial charge in [-0.15, -0.1) is 0 Å². The Hall–Kier alpha value is -0.780. The quantitative estimate of drug-likeness (QED) is 0.525. The van der Waals surface area contributed by atoms with Gasteiger partial charge in [0.25, 0.3) is 0 Å². The molecule has 1 saturated carbocycles. The van der Waals surface area contributed by atoms with Gasteiger partial charge >= 0.3 is 0 Å². The highest BCUT2D eigenvalue weighted by molar-refractivity contribution is 5.28. The van der Waals surface area contributed by atoms with E-state index in [0.717, 1.165) is 11.8 Å². The first-order valence-electron chi connectivity index (χ1n) is 6.70. The number of allylic oxidation sites excluding steroid dienone is 4. The van der Waals surface area contributed by atoms with E-state index >= 15 is 0 Å². The monoisotopic (exact) mass is 218 g/mol. The van der Waals surface area contributed by atoms with Crippen LogP contribution in [0.15, 0.2) is 36.0 Å². The minimum absolute atomic E-state index is 0.781. The highest BCUT2D eigenvalue weighted by atomic mass is 14.3. The highest BCUT2D eigenvalue weighted by Gasteiger charge is 2.27. The molecule has 0 saturated heterocycles. The molecular weight excluding hydrogens is 192 g/mol. The van der Waals surface area contributed by atoms with Crippen LogP contribution in [0.2, 0.25) is 0 Å². The van der Waals surface area contributed by atoms with Crippen molar-refractivity contribution in [1.29, 1.82) is 0 Å². The van der Waals surface area contributed by atoms with E-state index in [2.05, 4.69) is 26.2 Å². The summed E-state index contributed by atoms with van der Waals surface area (Å²) in [5.74, 6) is 1.62. The second-order valence-corrected chi connectivity index (χ2v) is 4.93. The summed E-state index contributed by atoms with van der Waals surface area (Å²) in [5.41, 5.74) is 4.39. The molecule has 0 heteroatoms. The fourth-order valence-corrected chi connectivity index (χ4v) is 2.79. The third-order valence-electron chi connectivity index (χ3n) is 3.78. The maximum atomic E-state index is 4.09. The standard InChI is InChI=1S/C14H20.C2H6/c1-10(2)12-6-7-13-8-11(3)4-5-14(13)9-12;1-2/h8,12,14H,1,3-7,9H2,2H3;1-2H3. The van der Waals surface area contributed by atoms with Gasteiger partial charge in [-0.3, -0.25) is 0 Å². The second-order valence-electron chi connectivity index (χ2n) is 4.93. The minimum Gasteiger partial charge on any atom is -0.0999 e. The predicted octanol–water partition coefficient (Wildman–Crippen LogP) is 5.28. The molecule has 2 aliphatic carbocycles. The molecule has 0 aromatic rings. The molecule has 0 heterocycles.